The molecule has 0 radical (unpaired) electrons. The van der Waals surface area contributed by atoms with E-state index in [0.29, 0.717) is 28.5 Å². The van der Waals surface area contributed by atoms with Crippen molar-refractivity contribution in [1.29, 1.82) is 0 Å². The fourth-order valence-corrected chi connectivity index (χ4v) is 3.03. The molecule has 0 fully saturated rings. The first kappa shape index (κ1) is 15.6. The van der Waals surface area contributed by atoms with Crippen LogP contribution < -0.4 is 9.47 Å². The number of Topliss-reactive ketones (excluding diaryl/α,β-unsaturated/α-hetero) is 1. The highest BCUT2D eigenvalue weighted by Gasteiger charge is 2.24. The molecule has 0 aromatic heterocycles. The first-order chi connectivity index (χ1) is 11.1. The first-order valence-electron chi connectivity index (χ1n) is 7.38. The molecule has 1 aliphatic rings. The van der Waals surface area contributed by atoms with E-state index in [-0.39, 0.29) is 5.78 Å². The normalized spacial score (nSPS) is 15.4. The lowest BCUT2D eigenvalue weighted by Gasteiger charge is -2.20. The number of benzene rings is 2. The lowest BCUT2D eigenvalue weighted by Crippen LogP contribution is -2.14. The van der Waals surface area contributed by atoms with Crippen molar-refractivity contribution in [3.63, 3.8) is 0 Å². The molecule has 1 aliphatic carbocycles. The molecule has 0 atom stereocenters. The number of ether oxygens (including phenoxy) is 2. The van der Waals surface area contributed by atoms with Gasteiger partial charge in [0.2, 0.25) is 0 Å². The fourth-order valence-electron chi connectivity index (χ4n) is 2.83. The van der Waals surface area contributed by atoms with Gasteiger partial charge in [-0.15, -0.1) is 0 Å². The van der Waals surface area contributed by atoms with Crippen LogP contribution in [0.2, 0.25) is 5.02 Å². The molecule has 3 rings (SSSR count). The van der Waals surface area contributed by atoms with Gasteiger partial charge < -0.3 is 9.47 Å². The molecule has 23 heavy (non-hydrogen) atoms. The van der Waals surface area contributed by atoms with Gasteiger partial charge in [0.25, 0.3) is 0 Å². The maximum absolute atomic E-state index is 12.8. The van der Waals surface area contributed by atoms with E-state index in [0.717, 1.165) is 23.1 Å². The van der Waals surface area contributed by atoms with Gasteiger partial charge in [-0.2, -0.15) is 0 Å². The molecule has 2 aromatic carbocycles. The fraction of sp³-hybridized carbons (Fsp3) is 0.211. The second kappa shape index (κ2) is 6.47. The number of hydrogen-bond acceptors (Lipinski definition) is 3. The van der Waals surface area contributed by atoms with Crippen molar-refractivity contribution in [3.05, 3.63) is 63.7 Å². The van der Waals surface area contributed by atoms with Crippen molar-refractivity contribution in [1.82, 2.24) is 0 Å². The lowest BCUT2D eigenvalue weighted by molar-refractivity contribution is 0.102. The Bertz CT molecular complexity index is 793. The molecule has 0 saturated carbocycles. The predicted molar refractivity (Wildman–Crippen MR) is 91.6 cm³/mol. The molecule has 0 N–H and O–H groups in total. The van der Waals surface area contributed by atoms with Gasteiger partial charge in [-0.25, -0.2) is 0 Å². The van der Waals surface area contributed by atoms with Crippen LogP contribution in [0.5, 0.6) is 11.5 Å². The highest BCUT2D eigenvalue weighted by molar-refractivity contribution is 6.30. The summed E-state index contributed by atoms with van der Waals surface area (Å²) >= 11 is 6.01. The number of allylic oxidation sites excluding steroid dienone is 1. The van der Waals surface area contributed by atoms with Crippen molar-refractivity contribution < 1.29 is 14.3 Å². The molecule has 2 aromatic rings. The van der Waals surface area contributed by atoms with Crippen LogP contribution in [0.4, 0.5) is 0 Å². The van der Waals surface area contributed by atoms with Gasteiger partial charge in [0.15, 0.2) is 17.3 Å². The summed E-state index contributed by atoms with van der Waals surface area (Å²) < 4.78 is 10.6. The molecular weight excluding hydrogens is 312 g/mol. The number of ketones is 1. The second-order valence-electron chi connectivity index (χ2n) is 5.42. The Hall–Kier alpha value is -2.26. The Kier molecular flexibility index (Phi) is 4.39. The number of rotatable bonds is 3. The van der Waals surface area contributed by atoms with Gasteiger partial charge >= 0.3 is 0 Å². The van der Waals surface area contributed by atoms with E-state index in [9.17, 15) is 4.79 Å². The summed E-state index contributed by atoms with van der Waals surface area (Å²) in [6.45, 7) is 0. The van der Waals surface area contributed by atoms with Gasteiger partial charge in [0.1, 0.15) is 0 Å². The van der Waals surface area contributed by atoms with Crippen molar-refractivity contribution in [2.45, 2.75) is 12.8 Å². The highest BCUT2D eigenvalue weighted by atomic mass is 35.5. The predicted octanol–water partition coefficient (Wildman–Crippen LogP) is 4.57. The zero-order valence-corrected chi connectivity index (χ0v) is 13.8. The standard InChI is InChI=1S/C19H17ClO3/c1-22-17-10-13-6-7-14(8-12-4-3-5-15(20)9-12)19(21)16(13)11-18(17)23-2/h3-5,8-11H,6-7H2,1-2H3. The number of carbonyl (C=O) groups is 1. The van der Waals surface area contributed by atoms with Crippen molar-refractivity contribution in [2.24, 2.45) is 0 Å². The SMILES string of the molecule is COc1cc2c(cc1OC)C(=O)C(=Cc1cccc(Cl)c1)CC2. The molecule has 0 saturated heterocycles. The first-order valence-corrected chi connectivity index (χ1v) is 7.76. The summed E-state index contributed by atoms with van der Waals surface area (Å²) in [6, 6.07) is 11.1. The summed E-state index contributed by atoms with van der Waals surface area (Å²) in [7, 11) is 3.17. The van der Waals surface area contributed by atoms with E-state index in [1.54, 1.807) is 20.3 Å². The molecule has 0 unspecified atom stereocenters. The minimum Gasteiger partial charge on any atom is -0.493 e. The van der Waals surface area contributed by atoms with Crippen LogP contribution in [-0.4, -0.2) is 20.0 Å². The maximum atomic E-state index is 12.8. The number of fused-ring (bicyclic) bond motifs is 1. The summed E-state index contributed by atoms with van der Waals surface area (Å²) in [5.41, 5.74) is 3.40. The molecule has 0 aliphatic heterocycles. The quantitative estimate of drug-likeness (QED) is 0.774. The number of halogens is 1. The Morgan fingerprint density at radius 1 is 1.04 bits per heavy atom. The van der Waals surface area contributed by atoms with E-state index in [1.807, 2.05) is 36.4 Å². The summed E-state index contributed by atoms with van der Waals surface area (Å²) in [5, 5.41) is 0.661. The van der Waals surface area contributed by atoms with E-state index in [2.05, 4.69) is 0 Å². The zero-order valence-electron chi connectivity index (χ0n) is 13.1. The van der Waals surface area contributed by atoms with Crippen LogP contribution in [0.1, 0.15) is 27.9 Å². The summed E-state index contributed by atoms with van der Waals surface area (Å²) in [4.78, 5) is 12.8. The zero-order chi connectivity index (χ0) is 16.4. The Morgan fingerprint density at radius 2 is 1.78 bits per heavy atom. The second-order valence-corrected chi connectivity index (χ2v) is 5.85. The van der Waals surface area contributed by atoms with Gasteiger partial charge in [-0.1, -0.05) is 23.7 Å². The van der Waals surface area contributed by atoms with Crippen LogP contribution in [0, 0.1) is 0 Å². The van der Waals surface area contributed by atoms with Crippen molar-refractivity contribution >= 4 is 23.5 Å². The van der Waals surface area contributed by atoms with E-state index < -0.39 is 0 Å². The van der Waals surface area contributed by atoms with Crippen LogP contribution in [0.25, 0.3) is 6.08 Å². The third-order valence-electron chi connectivity index (χ3n) is 4.00. The van der Waals surface area contributed by atoms with Crippen LogP contribution in [0.3, 0.4) is 0 Å². The average molecular weight is 329 g/mol. The van der Waals surface area contributed by atoms with E-state index in [1.165, 1.54) is 0 Å². The van der Waals surface area contributed by atoms with Crippen LogP contribution in [-0.2, 0) is 6.42 Å². The molecule has 3 nitrogen and oxygen atoms in total. The van der Waals surface area contributed by atoms with Crippen LogP contribution in [0.15, 0.2) is 42.0 Å². The van der Waals surface area contributed by atoms with Crippen molar-refractivity contribution in [2.75, 3.05) is 14.2 Å². The minimum absolute atomic E-state index is 0.0344. The molecule has 4 heteroatoms. The molecule has 118 valence electrons. The number of carbonyl (C=O) groups excluding carboxylic acids is 1. The van der Waals surface area contributed by atoms with E-state index in [4.69, 9.17) is 21.1 Å². The van der Waals surface area contributed by atoms with Crippen molar-refractivity contribution in [3.8, 4) is 11.5 Å². The van der Waals surface area contributed by atoms with Gasteiger partial charge in [0.05, 0.1) is 14.2 Å². The summed E-state index contributed by atoms with van der Waals surface area (Å²) in [5.74, 6) is 1.26. The smallest absolute Gasteiger partial charge is 0.189 e. The third-order valence-corrected chi connectivity index (χ3v) is 4.23. The van der Waals surface area contributed by atoms with Gasteiger partial charge in [0, 0.05) is 16.2 Å². The molecule has 0 amide bonds. The third kappa shape index (κ3) is 3.10. The van der Waals surface area contributed by atoms with Gasteiger partial charge in [-0.05, 0) is 54.3 Å². The summed E-state index contributed by atoms with van der Waals surface area (Å²) in [6.07, 6.45) is 3.41. The largest absolute Gasteiger partial charge is 0.493 e. The molecule has 0 bridgehead atoms. The minimum atomic E-state index is 0.0344. The molecule has 0 spiro atoms. The van der Waals surface area contributed by atoms with E-state index >= 15 is 0 Å². The Labute approximate surface area is 140 Å². The number of methoxy groups -OCH3 is 2. The Morgan fingerprint density at radius 3 is 2.48 bits per heavy atom. The molecular formula is C19H17ClO3. The van der Waals surface area contributed by atoms with Crippen LogP contribution >= 0.6 is 11.6 Å². The average Bonchev–Trinajstić information content (AvgIpc) is 2.56. The monoisotopic (exact) mass is 328 g/mol. The number of hydrogen-bond donors (Lipinski definition) is 0. The topological polar surface area (TPSA) is 35.5 Å². The Balaban J connectivity index is 2.00. The lowest BCUT2D eigenvalue weighted by atomic mass is 9.85. The highest BCUT2D eigenvalue weighted by Crippen LogP contribution is 2.35. The molecule has 0 heterocycles. The maximum Gasteiger partial charge on any atom is 0.189 e. The number of aryl methyl sites for hydroxylation is 1. The van der Waals surface area contributed by atoms with Gasteiger partial charge in [-0.3, -0.25) is 4.79 Å².